The molecule has 0 amide bonds. The van der Waals surface area contributed by atoms with E-state index < -0.39 is 0 Å². The fraction of sp³-hybridized carbons (Fsp3) is 0.167. The van der Waals surface area contributed by atoms with Gasteiger partial charge in [0, 0.05) is 12.4 Å². The van der Waals surface area contributed by atoms with Gasteiger partial charge >= 0.3 is 0 Å². The summed E-state index contributed by atoms with van der Waals surface area (Å²) in [5.74, 6) is 0.961. The normalized spacial score (nSPS) is 9.87. The fourth-order valence-corrected chi connectivity index (χ4v) is 1.52. The number of nitriles is 1. The van der Waals surface area contributed by atoms with E-state index in [0.29, 0.717) is 6.54 Å². The van der Waals surface area contributed by atoms with Gasteiger partial charge in [-0.15, -0.1) is 0 Å². The quantitative estimate of drug-likeness (QED) is 0.739. The lowest BCUT2D eigenvalue weighted by Gasteiger charge is -2.06. The number of hydrogen-bond acceptors (Lipinski definition) is 2. The number of nitrogens with zero attached hydrogens (tertiary/aromatic N) is 3. The Labute approximate surface area is 88.6 Å². The molecule has 2 aromatic rings. The first-order chi connectivity index (χ1) is 7.31. The lowest BCUT2D eigenvalue weighted by molar-refractivity contribution is 0.760. The van der Waals surface area contributed by atoms with Gasteiger partial charge in [-0.25, -0.2) is 4.98 Å². The highest BCUT2D eigenvalue weighted by atomic mass is 15.0. The molecule has 3 nitrogen and oxygen atoms in total. The monoisotopic (exact) mass is 197 g/mol. The zero-order chi connectivity index (χ0) is 10.7. The molecule has 15 heavy (non-hydrogen) atoms. The minimum atomic E-state index is 0.704. The second-order valence-corrected chi connectivity index (χ2v) is 3.37. The van der Waals surface area contributed by atoms with Crippen molar-refractivity contribution in [3.8, 4) is 6.07 Å². The van der Waals surface area contributed by atoms with Crippen LogP contribution < -0.4 is 0 Å². The Morgan fingerprint density at radius 2 is 2.20 bits per heavy atom. The van der Waals surface area contributed by atoms with Crippen LogP contribution in [-0.4, -0.2) is 9.55 Å². The van der Waals surface area contributed by atoms with Crippen molar-refractivity contribution < 1.29 is 0 Å². The first-order valence-corrected chi connectivity index (χ1v) is 4.77. The van der Waals surface area contributed by atoms with Crippen molar-refractivity contribution in [2.45, 2.75) is 13.5 Å². The van der Waals surface area contributed by atoms with Crippen LogP contribution >= 0.6 is 0 Å². The third-order valence-electron chi connectivity index (χ3n) is 2.40. The van der Waals surface area contributed by atoms with Gasteiger partial charge in [0.05, 0.1) is 18.2 Å². The lowest BCUT2D eigenvalue weighted by Crippen LogP contribution is -2.02. The van der Waals surface area contributed by atoms with Crippen LogP contribution in [0.15, 0.2) is 36.7 Å². The molecular weight excluding hydrogens is 186 g/mol. The molecule has 0 saturated heterocycles. The van der Waals surface area contributed by atoms with Crippen LogP contribution in [0, 0.1) is 18.3 Å². The molecule has 0 spiro atoms. The van der Waals surface area contributed by atoms with Gasteiger partial charge in [-0.05, 0) is 18.6 Å². The molecular formula is C12H11N3. The summed E-state index contributed by atoms with van der Waals surface area (Å²) < 4.78 is 2.02. The largest absolute Gasteiger partial charge is 0.331 e. The Hall–Kier alpha value is -2.08. The Bertz CT molecular complexity index is 506. The van der Waals surface area contributed by atoms with Crippen LogP contribution in [-0.2, 0) is 6.54 Å². The van der Waals surface area contributed by atoms with Crippen LogP contribution in [0.4, 0.5) is 0 Å². The Morgan fingerprint density at radius 1 is 1.40 bits per heavy atom. The van der Waals surface area contributed by atoms with Crippen molar-refractivity contribution in [1.29, 1.82) is 5.26 Å². The van der Waals surface area contributed by atoms with Gasteiger partial charge in [-0.1, -0.05) is 18.2 Å². The molecule has 2 rings (SSSR count). The summed E-state index contributed by atoms with van der Waals surface area (Å²) >= 11 is 0. The molecule has 0 aliphatic heterocycles. The van der Waals surface area contributed by atoms with Gasteiger partial charge in [0.15, 0.2) is 0 Å². The number of aryl methyl sites for hydroxylation is 1. The molecule has 1 heterocycles. The molecule has 1 aromatic carbocycles. The van der Waals surface area contributed by atoms with Gasteiger partial charge in [-0.2, -0.15) is 5.26 Å². The van der Waals surface area contributed by atoms with Crippen molar-refractivity contribution >= 4 is 0 Å². The molecule has 3 heteroatoms. The molecule has 0 fully saturated rings. The zero-order valence-electron chi connectivity index (χ0n) is 8.51. The molecule has 0 atom stereocenters. The molecule has 1 aromatic heterocycles. The summed E-state index contributed by atoms with van der Waals surface area (Å²) in [5.41, 5.74) is 1.76. The van der Waals surface area contributed by atoms with E-state index in [1.54, 1.807) is 6.20 Å². The van der Waals surface area contributed by atoms with Gasteiger partial charge in [0.25, 0.3) is 0 Å². The number of aromatic nitrogens is 2. The molecule has 0 unspecified atom stereocenters. The van der Waals surface area contributed by atoms with Crippen LogP contribution in [0.1, 0.15) is 17.0 Å². The van der Waals surface area contributed by atoms with Crippen LogP contribution in [0.5, 0.6) is 0 Å². The van der Waals surface area contributed by atoms with Crippen LogP contribution in [0.25, 0.3) is 0 Å². The average molecular weight is 197 g/mol. The Kier molecular flexibility index (Phi) is 2.51. The first-order valence-electron chi connectivity index (χ1n) is 4.77. The van der Waals surface area contributed by atoms with Crippen molar-refractivity contribution in [1.82, 2.24) is 9.55 Å². The zero-order valence-corrected chi connectivity index (χ0v) is 8.51. The van der Waals surface area contributed by atoms with E-state index in [1.165, 1.54) is 0 Å². The predicted octanol–water partition coefficient (Wildman–Crippen LogP) is 2.11. The minimum Gasteiger partial charge on any atom is -0.331 e. The van der Waals surface area contributed by atoms with Crippen molar-refractivity contribution in [3.63, 3.8) is 0 Å². The van der Waals surface area contributed by atoms with Crippen molar-refractivity contribution in [2.24, 2.45) is 0 Å². The summed E-state index contributed by atoms with van der Waals surface area (Å²) in [4.78, 5) is 4.15. The summed E-state index contributed by atoms with van der Waals surface area (Å²) in [7, 11) is 0. The van der Waals surface area contributed by atoms with Crippen LogP contribution in [0.3, 0.4) is 0 Å². The molecule has 0 N–H and O–H groups in total. The minimum absolute atomic E-state index is 0.704. The fourth-order valence-electron chi connectivity index (χ4n) is 1.52. The second-order valence-electron chi connectivity index (χ2n) is 3.37. The maximum atomic E-state index is 8.94. The third kappa shape index (κ3) is 1.89. The molecule has 0 radical (unpaired) electrons. The highest BCUT2D eigenvalue weighted by Crippen LogP contribution is 2.10. The number of benzene rings is 1. The van der Waals surface area contributed by atoms with Crippen molar-refractivity contribution in [2.75, 3.05) is 0 Å². The molecule has 0 aliphatic rings. The Morgan fingerprint density at radius 3 is 2.87 bits per heavy atom. The standard InChI is InChI=1S/C12H11N3/c1-10-14-6-7-15(10)9-12-5-3-2-4-11(12)8-13/h2-7H,9H2,1H3. The second kappa shape index (κ2) is 3.97. The van der Waals surface area contributed by atoms with E-state index in [2.05, 4.69) is 11.1 Å². The smallest absolute Gasteiger partial charge is 0.105 e. The molecule has 0 saturated carbocycles. The van der Waals surface area contributed by atoms with E-state index in [0.717, 1.165) is 17.0 Å². The van der Waals surface area contributed by atoms with Crippen LogP contribution in [0.2, 0.25) is 0 Å². The van der Waals surface area contributed by atoms with Gasteiger partial charge in [0.2, 0.25) is 0 Å². The molecule has 74 valence electrons. The van der Waals surface area contributed by atoms with E-state index in [-0.39, 0.29) is 0 Å². The SMILES string of the molecule is Cc1nccn1Cc1ccccc1C#N. The maximum Gasteiger partial charge on any atom is 0.105 e. The van der Waals surface area contributed by atoms with E-state index >= 15 is 0 Å². The van der Waals surface area contributed by atoms with Gasteiger partial charge < -0.3 is 4.57 Å². The summed E-state index contributed by atoms with van der Waals surface area (Å²) in [6.07, 6.45) is 3.69. The summed E-state index contributed by atoms with van der Waals surface area (Å²) in [6.45, 7) is 2.66. The van der Waals surface area contributed by atoms with E-state index in [1.807, 2.05) is 42.0 Å². The maximum absolute atomic E-state index is 8.94. The third-order valence-corrected chi connectivity index (χ3v) is 2.40. The molecule has 0 bridgehead atoms. The summed E-state index contributed by atoms with van der Waals surface area (Å²) in [6, 6.07) is 9.82. The average Bonchev–Trinajstić information content (AvgIpc) is 2.65. The Balaban J connectivity index is 2.33. The van der Waals surface area contributed by atoms with E-state index in [4.69, 9.17) is 5.26 Å². The predicted molar refractivity (Wildman–Crippen MR) is 57.2 cm³/mol. The van der Waals surface area contributed by atoms with E-state index in [9.17, 15) is 0 Å². The topological polar surface area (TPSA) is 41.6 Å². The number of rotatable bonds is 2. The van der Waals surface area contributed by atoms with Crippen molar-refractivity contribution in [3.05, 3.63) is 53.6 Å². The number of hydrogen-bond donors (Lipinski definition) is 0. The van der Waals surface area contributed by atoms with Gasteiger partial charge in [-0.3, -0.25) is 0 Å². The first kappa shape index (κ1) is 9.47. The number of imidazole rings is 1. The summed E-state index contributed by atoms with van der Waals surface area (Å²) in [5, 5.41) is 8.94. The highest BCUT2D eigenvalue weighted by Gasteiger charge is 2.02. The highest BCUT2D eigenvalue weighted by molar-refractivity contribution is 5.37. The lowest BCUT2D eigenvalue weighted by atomic mass is 10.1. The van der Waals surface area contributed by atoms with Gasteiger partial charge in [0.1, 0.15) is 5.82 Å². The molecule has 0 aliphatic carbocycles.